The Bertz CT molecular complexity index is 130. The van der Waals surface area contributed by atoms with Gasteiger partial charge in [-0.3, -0.25) is 4.79 Å². The van der Waals surface area contributed by atoms with Crippen molar-refractivity contribution in [2.75, 3.05) is 14.1 Å². The molecule has 0 N–H and O–H groups in total. The van der Waals surface area contributed by atoms with E-state index < -0.39 is 0 Å². The predicted octanol–water partition coefficient (Wildman–Crippen LogP) is 1.76. The molecule has 1 amide bonds. The largest absolute Gasteiger partial charge is 0.349 e. The van der Waals surface area contributed by atoms with Gasteiger partial charge >= 0.3 is 0 Å². The first kappa shape index (κ1) is 10.5. The molecule has 1 atom stereocenters. The van der Waals surface area contributed by atoms with Crippen LogP contribution in [0.25, 0.3) is 0 Å². The number of amides is 1. The molecule has 0 fully saturated rings. The van der Waals surface area contributed by atoms with E-state index in [0.717, 1.165) is 6.42 Å². The van der Waals surface area contributed by atoms with Gasteiger partial charge in [0.05, 0.1) is 0 Å². The quantitative estimate of drug-likeness (QED) is 0.611. The first-order chi connectivity index (χ1) is 4.95. The molecule has 11 heavy (non-hydrogen) atoms. The van der Waals surface area contributed by atoms with Gasteiger partial charge in [-0.1, -0.05) is 20.8 Å². The minimum Gasteiger partial charge on any atom is -0.349 e. The van der Waals surface area contributed by atoms with Crippen LogP contribution in [0.5, 0.6) is 0 Å². The van der Waals surface area contributed by atoms with Gasteiger partial charge in [0.2, 0.25) is 5.91 Å². The third-order valence-electron chi connectivity index (χ3n) is 1.69. The summed E-state index contributed by atoms with van der Waals surface area (Å²) in [5.41, 5.74) is 0. The summed E-state index contributed by atoms with van der Waals surface area (Å²) in [6.45, 7) is 6.27. The Hall–Kier alpha value is -0.530. The van der Waals surface area contributed by atoms with Crippen molar-refractivity contribution in [2.45, 2.75) is 27.2 Å². The van der Waals surface area contributed by atoms with Gasteiger partial charge in [-0.2, -0.15) is 0 Å². The van der Waals surface area contributed by atoms with Crippen LogP contribution in [0.2, 0.25) is 0 Å². The Morgan fingerprint density at radius 3 is 2.00 bits per heavy atom. The van der Waals surface area contributed by atoms with Gasteiger partial charge in [-0.15, -0.1) is 0 Å². The number of rotatable bonds is 3. The Kier molecular flexibility index (Phi) is 4.16. The Labute approximate surface area is 69.6 Å². The van der Waals surface area contributed by atoms with E-state index in [1.807, 2.05) is 6.92 Å². The molecule has 0 radical (unpaired) electrons. The van der Waals surface area contributed by atoms with E-state index in [9.17, 15) is 4.79 Å². The summed E-state index contributed by atoms with van der Waals surface area (Å²) in [5.74, 6) is 1.01. The summed E-state index contributed by atoms with van der Waals surface area (Å²) in [5, 5.41) is 0. The fraction of sp³-hybridized carbons (Fsp3) is 0.889. The SMILES string of the molecule is CC(C)C[C@@H](C)C(=O)N(C)C. The molecule has 2 nitrogen and oxygen atoms in total. The number of carbonyl (C=O) groups is 1. The van der Waals surface area contributed by atoms with Crippen molar-refractivity contribution in [3.63, 3.8) is 0 Å². The van der Waals surface area contributed by atoms with Crippen LogP contribution in [0.4, 0.5) is 0 Å². The zero-order valence-corrected chi connectivity index (χ0v) is 8.22. The molecule has 0 aromatic rings. The van der Waals surface area contributed by atoms with Crippen LogP contribution in [-0.2, 0) is 4.79 Å². The van der Waals surface area contributed by atoms with Gasteiger partial charge in [0.25, 0.3) is 0 Å². The van der Waals surface area contributed by atoms with E-state index in [1.54, 1.807) is 19.0 Å². The third-order valence-corrected chi connectivity index (χ3v) is 1.69. The van der Waals surface area contributed by atoms with Crippen molar-refractivity contribution in [2.24, 2.45) is 11.8 Å². The highest BCUT2D eigenvalue weighted by atomic mass is 16.2. The maximum atomic E-state index is 11.3. The molecule has 0 rings (SSSR count). The van der Waals surface area contributed by atoms with Crippen LogP contribution in [-0.4, -0.2) is 24.9 Å². The zero-order valence-electron chi connectivity index (χ0n) is 8.22. The van der Waals surface area contributed by atoms with E-state index in [4.69, 9.17) is 0 Å². The van der Waals surface area contributed by atoms with Gasteiger partial charge in [-0.25, -0.2) is 0 Å². The van der Waals surface area contributed by atoms with Crippen LogP contribution in [0.1, 0.15) is 27.2 Å². The fourth-order valence-corrected chi connectivity index (χ4v) is 1.25. The molecule has 0 aromatic heterocycles. The molecule has 0 unspecified atom stereocenters. The lowest BCUT2D eigenvalue weighted by atomic mass is 9.98. The normalized spacial score (nSPS) is 13.3. The maximum absolute atomic E-state index is 11.3. The molecular weight excluding hydrogens is 138 g/mol. The summed E-state index contributed by atoms with van der Waals surface area (Å²) in [6, 6.07) is 0. The van der Waals surface area contributed by atoms with E-state index in [0.29, 0.717) is 5.92 Å². The molecule has 0 aromatic carbocycles. The number of carbonyl (C=O) groups excluding carboxylic acids is 1. The molecule has 0 aliphatic rings. The lowest BCUT2D eigenvalue weighted by molar-refractivity contribution is -0.132. The van der Waals surface area contributed by atoms with Crippen LogP contribution in [0.3, 0.4) is 0 Å². The molecule has 0 aliphatic heterocycles. The van der Waals surface area contributed by atoms with Crippen molar-refractivity contribution in [1.29, 1.82) is 0 Å². The second kappa shape index (κ2) is 4.37. The molecule has 66 valence electrons. The minimum atomic E-state index is 0.171. The molecule has 2 heteroatoms. The zero-order chi connectivity index (χ0) is 9.02. The second-order valence-corrected chi connectivity index (χ2v) is 3.76. The lowest BCUT2D eigenvalue weighted by Gasteiger charge is -2.17. The van der Waals surface area contributed by atoms with Crippen molar-refractivity contribution >= 4 is 5.91 Å². The molecular formula is C9H19NO. The molecule has 0 saturated heterocycles. The maximum Gasteiger partial charge on any atom is 0.224 e. The highest BCUT2D eigenvalue weighted by Gasteiger charge is 2.15. The number of hydrogen-bond acceptors (Lipinski definition) is 1. The fourth-order valence-electron chi connectivity index (χ4n) is 1.25. The van der Waals surface area contributed by atoms with Gasteiger partial charge in [0.15, 0.2) is 0 Å². The summed E-state index contributed by atoms with van der Waals surface area (Å²) in [6.07, 6.45) is 0.983. The minimum absolute atomic E-state index is 0.171. The number of nitrogens with zero attached hydrogens (tertiary/aromatic N) is 1. The first-order valence-electron chi connectivity index (χ1n) is 4.16. The topological polar surface area (TPSA) is 20.3 Å². The molecule has 0 aliphatic carbocycles. The van der Waals surface area contributed by atoms with Crippen LogP contribution >= 0.6 is 0 Å². The van der Waals surface area contributed by atoms with Gasteiger partial charge in [0.1, 0.15) is 0 Å². The van der Waals surface area contributed by atoms with E-state index in [-0.39, 0.29) is 11.8 Å². The summed E-state index contributed by atoms with van der Waals surface area (Å²) in [4.78, 5) is 13.0. The summed E-state index contributed by atoms with van der Waals surface area (Å²) in [7, 11) is 3.61. The molecule has 0 spiro atoms. The average Bonchev–Trinajstić information content (AvgIpc) is 1.84. The average molecular weight is 157 g/mol. The first-order valence-corrected chi connectivity index (χ1v) is 4.16. The van der Waals surface area contributed by atoms with Gasteiger partial charge in [0, 0.05) is 20.0 Å². The van der Waals surface area contributed by atoms with E-state index in [2.05, 4.69) is 13.8 Å². The lowest BCUT2D eigenvalue weighted by Crippen LogP contribution is -2.28. The Morgan fingerprint density at radius 1 is 1.27 bits per heavy atom. The van der Waals surface area contributed by atoms with Crippen LogP contribution < -0.4 is 0 Å². The monoisotopic (exact) mass is 157 g/mol. The highest BCUT2D eigenvalue weighted by Crippen LogP contribution is 2.12. The van der Waals surface area contributed by atoms with Gasteiger partial charge in [-0.05, 0) is 12.3 Å². The van der Waals surface area contributed by atoms with Crippen molar-refractivity contribution in [1.82, 2.24) is 4.90 Å². The Morgan fingerprint density at radius 2 is 1.73 bits per heavy atom. The summed E-state index contributed by atoms with van der Waals surface area (Å²) < 4.78 is 0. The standard InChI is InChI=1S/C9H19NO/c1-7(2)6-8(3)9(11)10(4)5/h7-8H,6H2,1-5H3/t8-/m1/s1. The van der Waals surface area contributed by atoms with Crippen LogP contribution in [0, 0.1) is 11.8 Å². The number of hydrogen-bond donors (Lipinski definition) is 0. The Balaban J connectivity index is 3.83. The van der Waals surface area contributed by atoms with Crippen molar-refractivity contribution in [3.8, 4) is 0 Å². The molecule has 0 heterocycles. The second-order valence-electron chi connectivity index (χ2n) is 3.76. The van der Waals surface area contributed by atoms with Crippen molar-refractivity contribution in [3.05, 3.63) is 0 Å². The highest BCUT2D eigenvalue weighted by molar-refractivity contribution is 5.77. The third kappa shape index (κ3) is 4.02. The van der Waals surface area contributed by atoms with Crippen LogP contribution in [0.15, 0.2) is 0 Å². The van der Waals surface area contributed by atoms with Gasteiger partial charge < -0.3 is 4.90 Å². The van der Waals surface area contributed by atoms with E-state index in [1.165, 1.54) is 0 Å². The van der Waals surface area contributed by atoms with E-state index >= 15 is 0 Å². The summed E-state index contributed by atoms with van der Waals surface area (Å²) >= 11 is 0. The smallest absolute Gasteiger partial charge is 0.224 e. The van der Waals surface area contributed by atoms with Crippen molar-refractivity contribution < 1.29 is 4.79 Å². The predicted molar refractivity (Wildman–Crippen MR) is 47.3 cm³/mol. The molecule has 0 saturated carbocycles. The molecule has 0 bridgehead atoms.